The largest absolute Gasteiger partial charge is 0.280 e. The Morgan fingerprint density at radius 1 is 0.848 bits per heavy atom. The van der Waals surface area contributed by atoms with Gasteiger partial charge in [0.2, 0.25) is 0 Å². The molecule has 0 aliphatic heterocycles. The Morgan fingerprint density at radius 3 is 2.41 bits per heavy atom. The molecule has 228 valence electrons. The number of nitrogens with zero attached hydrogens (tertiary/aromatic N) is 3. The molecule has 0 spiro atoms. The Kier molecular flexibility index (Phi) is 11.2. The van der Waals surface area contributed by atoms with Crippen LogP contribution in [0.25, 0.3) is 33.5 Å². The van der Waals surface area contributed by atoms with Crippen LogP contribution < -0.4 is 0 Å². The van der Waals surface area contributed by atoms with Crippen LogP contribution in [0.1, 0.15) is 55.0 Å². The lowest BCUT2D eigenvalue weighted by Crippen LogP contribution is -2.01. The number of pyridine rings is 1. The van der Waals surface area contributed by atoms with Crippen molar-refractivity contribution in [1.29, 1.82) is 0 Å². The molecule has 0 aliphatic carbocycles. The molecule has 0 radical (unpaired) electrons. The SMILES string of the molecule is C=N/C(=C\C(=NCc1ccc(/C=C\C)c(CC)c1)c1ccc(-c2cccc3ccccc23)cc1)C/C=C(\C=C/C)c1cccnc1. The summed E-state index contributed by atoms with van der Waals surface area (Å²) in [5.41, 5.74) is 11.1. The van der Waals surface area contributed by atoms with Crippen molar-refractivity contribution in [2.75, 3.05) is 0 Å². The summed E-state index contributed by atoms with van der Waals surface area (Å²) in [6, 6.07) is 34.4. The molecule has 1 aromatic heterocycles. The van der Waals surface area contributed by atoms with Crippen molar-refractivity contribution >= 4 is 34.9 Å². The smallest absolute Gasteiger partial charge is 0.0668 e. The summed E-state index contributed by atoms with van der Waals surface area (Å²) >= 11 is 0. The number of aliphatic imine (C=N–C) groups is 2. The molecule has 0 saturated heterocycles. The van der Waals surface area contributed by atoms with Gasteiger partial charge in [-0.1, -0.05) is 128 Å². The average molecular weight is 600 g/mol. The number of hydrogen-bond donors (Lipinski definition) is 0. The molecule has 4 aromatic carbocycles. The van der Waals surface area contributed by atoms with E-state index in [1.165, 1.54) is 38.6 Å². The first kappa shape index (κ1) is 32.0. The molecule has 0 fully saturated rings. The van der Waals surface area contributed by atoms with Gasteiger partial charge in [-0.15, -0.1) is 0 Å². The van der Waals surface area contributed by atoms with Gasteiger partial charge in [0.1, 0.15) is 0 Å². The zero-order chi connectivity index (χ0) is 32.1. The van der Waals surface area contributed by atoms with Crippen molar-refractivity contribution < 1.29 is 0 Å². The van der Waals surface area contributed by atoms with E-state index in [4.69, 9.17) is 4.99 Å². The molecule has 46 heavy (non-hydrogen) atoms. The summed E-state index contributed by atoms with van der Waals surface area (Å²) in [5.74, 6) is 0. The van der Waals surface area contributed by atoms with Crippen LogP contribution in [0.2, 0.25) is 0 Å². The molecule has 0 amide bonds. The quantitative estimate of drug-likeness (QED) is 0.104. The van der Waals surface area contributed by atoms with Gasteiger partial charge < -0.3 is 0 Å². The van der Waals surface area contributed by atoms with Crippen molar-refractivity contribution in [3.63, 3.8) is 0 Å². The lowest BCUT2D eigenvalue weighted by atomic mass is 9.96. The monoisotopic (exact) mass is 599 g/mol. The number of hydrogen-bond acceptors (Lipinski definition) is 3. The molecule has 0 saturated carbocycles. The first-order chi connectivity index (χ1) is 22.6. The average Bonchev–Trinajstić information content (AvgIpc) is 3.11. The molecule has 0 unspecified atom stereocenters. The summed E-state index contributed by atoms with van der Waals surface area (Å²) in [6.07, 6.45) is 17.9. The lowest BCUT2D eigenvalue weighted by Gasteiger charge is -2.10. The maximum Gasteiger partial charge on any atom is 0.0668 e. The van der Waals surface area contributed by atoms with E-state index in [1.54, 1.807) is 6.20 Å². The fraction of sp³-hybridized carbons (Fsp3) is 0.140. The van der Waals surface area contributed by atoms with Gasteiger partial charge in [-0.25, -0.2) is 0 Å². The van der Waals surface area contributed by atoms with Crippen LogP contribution in [0.3, 0.4) is 0 Å². The predicted octanol–water partition coefficient (Wildman–Crippen LogP) is 11.1. The second-order valence-corrected chi connectivity index (χ2v) is 11.1. The second-order valence-electron chi connectivity index (χ2n) is 11.1. The fourth-order valence-electron chi connectivity index (χ4n) is 5.64. The van der Waals surface area contributed by atoms with Gasteiger partial charge in [-0.2, -0.15) is 0 Å². The van der Waals surface area contributed by atoms with Crippen LogP contribution >= 0.6 is 0 Å². The minimum Gasteiger partial charge on any atom is -0.280 e. The third kappa shape index (κ3) is 7.99. The Hall–Kier alpha value is -5.41. The Labute approximate surface area is 273 Å². The van der Waals surface area contributed by atoms with Gasteiger partial charge in [0, 0.05) is 24.5 Å². The Balaban J connectivity index is 1.52. The normalized spacial score (nSPS) is 12.8. The van der Waals surface area contributed by atoms with Crippen molar-refractivity contribution in [3.8, 4) is 11.1 Å². The first-order valence-corrected chi connectivity index (χ1v) is 15.9. The highest BCUT2D eigenvalue weighted by Gasteiger charge is 2.08. The standard InChI is InChI=1S/C43H41N3/c1-5-12-34-20-19-32(28-33(34)7-3)30-46-43(29-40(44-4)26-25-35(13-6-2)39-16-11-27-45-31-39)38-23-21-37(22-24-38)42-18-10-15-36-14-8-9-17-41(36)42/h5-6,8-25,27-29,31H,4,7,26,30H2,1-3H3/b12-5-,13-6-,35-25+,40-29-,46-43?. The highest BCUT2D eigenvalue weighted by atomic mass is 14.8. The summed E-state index contributed by atoms with van der Waals surface area (Å²) < 4.78 is 0. The highest BCUT2D eigenvalue weighted by Crippen LogP contribution is 2.29. The molecular formula is C43H41N3. The molecule has 1 heterocycles. The van der Waals surface area contributed by atoms with E-state index in [0.717, 1.165) is 34.5 Å². The number of aromatic nitrogens is 1. The van der Waals surface area contributed by atoms with Gasteiger partial charge in [0.05, 0.1) is 12.3 Å². The van der Waals surface area contributed by atoms with Crippen LogP contribution in [0, 0.1) is 0 Å². The molecule has 5 aromatic rings. The van der Waals surface area contributed by atoms with Crippen LogP contribution in [0.5, 0.6) is 0 Å². The van der Waals surface area contributed by atoms with E-state index in [-0.39, 0.29) is 0 Å². The van der Waals surface area contributed by atoms with Crippen molar-refractivity contribution in [1.82, 2.24) is 4.98 Å². The molecule has 0 bridgehead atoms. The second kappa shape index (κ2) is 16.1. The summed E-state index contributed by atoms with van der Waals surface area (Å²) in [5, 5.41) is 2.48. The molecule has 0 aliphatic rings. The van der Waals surface area contributed by atoms with Gasteiger partial charge in [0.25, 0.3) is 0 Å². The zero-order valence-electron chi connectivity index (χ0n) is 27.0. The van der Waals surface area contributed by atoms with Crippen molar-refractivity contribution in [2.45, 2.75) is 40.2 Å². The molecule has 0 atom stereocenters. The number of allylic oxidation sites excluding steroid dienone is 6. The minimum atomic E-state index is 0.569. The highest BCUT2D eigenvalue weighted by molar-refractivity contribution is 6.09. The maximum absolute atomic E-state index is 5.17. The van der Waals surface area contributed by atoms with Gasteiger partial charge >= 0.3 is 0 Å². The third-order valence-corrected chi connectivity index (χ3v) is 8.03. The van der Waals surface area contributed by atoms with Crippen LogP contribution in [-0.4, -0.2) is 17.4 Å². The number of benzene rings is 4. The molecule has 3 heteroatoms. The molecule has 5 rings (SSSR count). The first-order valence-electron chi connectivity index (χ1n) is 15.9. The number of rotatable bonds is 12. The van der Waals surface area contributed by atoms with Gasteiger partial charge in [-0.3, -0.25) is 15.0 Å². The van der Waals surface area contributed by atoms with E-state index in [9.17, 15) is 0 Å². The third-order valence-electron chi connectivity index (χ3n) is 8.03. The van der Waals surface area contributed by atoms with E-state index < -0.39 is 0 Å². The van der Waals surface area contributed by atoms with E-state index in [0.29, 0.717) is 13.0 Å². The van der Waals surface area contributed by atoms with Gasteiger partial charge in [0.15, 0.2) is 0 Å². The van der Waals surface area contributed by atoms with E-state index in [2.05, 4.69) is 152 Å². The summed E-state index contributed by atoms with van der Waals surface area (Å²) in [4.78, 5) is 13.9. The van der Waals surface area contributed by atoms with E-state index >= 15 is 0 Å². The predicted molar refractivity (Wildman–Crippen MR) is 199 cm³/mol. The Morgan fingerprint density at radius 2 is 1.67 bits per heavy atom. The summed E-state index contributed by atoms with van der Waals surface area (Å²) in [7, 11) is 0. The number of aryl methyl sites for hydroxylation is 1. The fourth-order valence-corrected chi connectivity index (χ4v) is 5.64. The van der Waals surface area contributed by atoms with Crippen LogP contribution in [0.15, 0.2) is 156 Å². The van der Waals surface area contributed by atoms with Crippen LogP contribution in [-0.2, 0) is 13.0 Å². The number of fused-ring (bicyclic) bond motifs is 1. The van der Waals surface area contributed by atoms with Gasteiger partial charge in [-0.05, 0) is 94.4 Å². The Bertz CT molecular complexity index is 1930. The van der Waals surface area contributed by atoms with Crippen molar-refractivity contribution in [3.05, 3.63) is 173 Å². The lowest BCUT2D eigenvalue weighted by molar-refractivity contribution is 1.04. The topological polar surface area (TPSA) is 37.6 Å². The van der Waals surface area contributed by atoms with E-state index in [1.807, 2.05) is 25.3 Å². The zero-order valence-corrected chi connectivity index (χ0v) is 27.0. The van der Waals surface area contributed by atoms with Crippen molar-refractivity contribution in [2.24, 2.45) is 9.98 Å². The maximum atomic E-state index is 5.17. The molecule has 3 nitrogen and oxygen atoms in total. The molecule has 0 N–H and O–H groups in total. The van der Waals surface area contributed by atoms with Crippen LogP contribution in [0.4, 0.5) is 0 Å². The minimum absolute atomic E-state index is 0.569. The molecular weight excluding hydrogens is 558 g/mol. The summed E-state index contributed by atoms with van der Waals surface area (Å²) in [6.45, 7) is 10.8.